The van der Waals surface area contributed by atoms with Crippen molar-refractivity contribution >= 4 is 21.7 Å². The minimum Gasteiger partial charge on any atom is -0.352 e. The van der Waals surface area contributed by atoms with Crippen molar-refractivity contribution in [3.63, 3.8) is 0 Å². The van der Waals surface area contributed by atoms with Crippen molar-refractivity contribution in [2.75, 3.05) is 25.0 Å². The van der Waals surface area contributed by atoms with Gasteiger partial charge in [0.2, 0.25) is 0 Å². The number of hydrogen-bond acceptors (Lipinski definition) is 6. The van der Waals surface area contributed by atoms with Crippen LogP contribution in [-0.2, 0) is 10.2 Å². The van der Waals surface area contributed by atoms with Gasteiger partial charge in [-0.25, -0.2) is 19.6 Å². The Hall–Kier alpha value is -1.78. The Kier molecular flexibility index (Phi) is 2.97. The van der Waals surface area contributed by atoms with Crippen LogP contribution in [0.15, 0.2) is 12.5 Å². The topological polar surface area (TPSA) is 110 Å². The number of nitrogens with zero attached hydrogens (tertiary/aromatic N) is 6. The van der Waals surface area contributed by atoms with Crippen molar-refractivity contribution in [1.82, 2.24) is 23.9 Å². The zero-order valence-corrected chi connectivity index (χ0v) is 13.9. The first-order chi connectivity index (χ1) is 10.8. The summed E-state index contributed by atoms with van der Waals surface area (Å²) in [6, 6.07) is 0.00578. The molecule has 0 bridgehead atoms. The van der Waals surface area contributed by atoms with Crippen LogP contribution in [0, 0.1) is 12.3 Å². The van der Waals surface area contributed by atoms with Crippen molar-refractivity contribution in [2.24, 2.45) is 10.6 Å². The Balaban J connectivity index is 1.46. The molecule has 0 unspecified atom stereocenters. The maximum atomic E-state index is 11.4. The fourth-order valence-electron chi connectivity index (χ4n) is 3.72. The van der Waals surface area contributed by atoms with E-state index in [-0.39, 0.29) is 11.5 Å². The van der Waals surface area contributed by atoms with Gasteiger partial charge in [-0.05, 0) is 19.8 Å². The van der Waals surface area contributed by atoms with Gasteiger partial charge in [-0.1, -0.05) is 0 Å². The first-order valence-corrected chi connectivity index (χ1v) is 8.95. The Bertz CT molecular complexity index is 864. The normalized spacial score (nSPS) is 21.0. The molecule has 3 heterocycles. The average Bonchev–Trinajstić information content (AvgIpc) is 2.74. The van der Waals surface area contributed by atoms with Crippen LogP contribution >= 0.6 is 0 Å². The molecule has 0 radical (unpaired) electrons. The van der Waals surface area contributed by atoms with Gasteiger partial charge in [0.15, 0.2) is 11.5 Å². The van der Waals surface area contributed by atoms with Crippen LogP contribution in [0.25, 0.3) is 5.65 Å². The molecule has 0 amide bonds. The van der Waals surface area contributed by atoms with Crippen LogP contribution in [0.3, 0.4) is 0 Å². The third kappa shape index (κ3) is 2.28. The molecule has 1 aliphatic carbocycles. The van der Waals surface area contributed by atoms with Crippen LogP contribution in [0.4, 0.5) is 5.82 Å². The lowest BCUT2D eigenvalue weighted by molar-refractivity contribution is 0.0207. The number of aryl methyl sites for hydroxylation is 1. The van der Waals surface area contributed by atoms with Gasteiger partial charge < -0.3 is 4.90 Å². The number of rotatable bonds is 3. The molecule has 0 aromatic carbocycles. The Morgan fingerprint density at radius 1 is 1.39 bits per heavy atom. The van der Waals surface area contributed by atoms with Gasteiger partial charge in [0.25, 0.3) is 10.2 Å². The van der Waals surface area contributed by atoms with E-state index in [1.54, 1.807) is 11.6 Å². The lowest BCUT2D eigenvalue weighted by Crippen LogP contribution is -2.67. The van der Waals surface area contributed by atoms with Gasteiger partial charge in [0, 0.05) is 31.6 Å². The highest BCUT2D eigenvalue weighted by molar-refractivity contribution is 7.86. The molecule has 1 saturated heterocycles. The molecular formula is C13H19N7O2S. The fraction of sp³-hybridized carbons (Fsp3) is 0.615. The molecule has 1 aliphatic heterocycles. The molecule has 1 saturated carbocycles. The van der Waals surface area contributed by atoms with Crippen LogP contribution < -0.4 is 10.0 Å². The first kappa shape index (κ1) is 14.8. The maximum absolute atomic E-state index is 11.4. The highest BCUT2D eigenvalue weighted by atomic mass is 32.2. The van der Waals surface area contributed by atoms with Gasteiger partial charge in [-0.3, -0.25) is 0 Å². The first-order valence-electron chi connectivity index (χ1n) is 7.45. The standard InChI is InChI=1S/C13H19N7O2S/c1-9-5-20-12(17-9)11(15-8-16-20)19-6-13(7-19)3-10(4-13)18(2)23(14,21)22/h5,8,10H,3-4,6-7H2,1-2H3,(H2,14,21,22). The van der Waals surface area contributed by atoms with E-state index in [1.807, 2.05) is 13.1 Å². The molecule has 0 atom stereocenters. The van der Waals surface area contributed by atoms with Crippen molar-refractivity contribution in [3.8, 4) is 0 Å². The number of hydrogen-bond donors (Lipinski definition) is 1. The van der Waals surface area contributed by atoms with E-state index in [1.165, 1.54) is 10.6 Å². The molecule has 124 valence electrons. The van der Waals surface area contributed by atoms with E-state index in [4.69, 9.17) is 5.14 Å². The van der Waals surface area contributed by atoms with E-state index >= 15 is 0 Å². The summed E-state index contributed by atoms with van der Waals surface area (Å²) < 4.78 is 25.8. The van der Waals surface area contributed by atoms with Crippen LogP contribution in [0.5, 0.6) is 0 Å². The Labute approximate surface area is 134 Å². The summed E-state index contributed by atoms with van der Waals surface area (Å²) in [5.74, 6) is 0.835. The predicted molar refractivity (Wildman–Crippen MR) is 84.1 cm³/mol. The lowest BCUT2D eigenvalue weighted by atomic mass is 9.60. The molecule has 2 aromatic rings. The quantitative estimate of drug-likeness (QED) is 0.811. The van der Waals surface area contributed by atoms with Crippen LogP contribution in [0.1, 0.15) is 18.5 Å². The van der Waals surface area contributed by atoms with E-state index in [9.17, 15) is 8.42 Å². The number of aromatic nitrogens is 4. The van der Waals surface area contributed by atoms with Crippen LogP contribution in [-0.4, -0.2) is 58.5 Å². The Morgan fingerprint density at radius 3 is 2.74 bits per heavy atom. The summed E-state index contributed by atoms with van der Waals surface area (Å²) in [6.07, 6.45) is 5.08. The summed E-state index contributed by atoms with van der Waals surface area (Å²) in [5, 5.41) is 9.35. The number of fused-ring (bicyclic) bond motifs is 1. The summed E-state index contributed by atoms with van der Waals surface area (Å²) in [6.45, 7) is 3.65. The summed E-state index contributed by atoms with van der Waals surface area (Å²) in [7, 11) is -2.06. The van der Waals surface area contributed by atoms with Crippen molar-refractivity contribution in [3.05, 3.63) is 18.2 Å². The van der Waals surface area contributed by atoms with Crippen LogP contribution in [0.2, 0.25) is 0 Å². The minimum atomic E-state index is -3.60. The number of anilines is 1. The fourth-order valence-corrected chi connectivity index (χ4v) is 4.28. The second kappa shape index (κ2) is 4.62. The zero-order valence-electron chi connectivity index (χ0n) is 13.0. The molecule has 2 aliphatic rings. The minimum absolute atomic E-state index is 0.00578. The SMILES string of the molecule is Cc1cn2ncnc(N3CC4(CC(N(C)S(N)(=O)=O)C4)C3)c2n1. The largest absolute Gasteiger partial charge is 0.352 e. The molecule has 23 heavy (non-hydrogen) atoms. The molecule has 2 N–H and O–H groups in total. The number of nitrogens with two attached hydrogens (primary N) is 1. The van der Waals surface area contributed by atoms with Gasteiger partial charge in [-0.15, -0.1) is 0 Å². The molecule has 9 nitrogen and oxygen atoms in total. The van der Waals surface area contributed by atoms with E-state index in [0.717, 1.165) is 43.1 Å². The maximum Gasteiger partial charge on any atom is 0.276 e. The zero-order chi connectivity index (χ0) is 16.4. The predicted octanol–water partition coefficient (Wildman–Crippen LogP) is -0.463. The smallest absolute Gasteiger partial charge is 0.276 e. The van der Waals surface area contributed by atoms with E-state index in [0.29, 0.717) is 0 Å². The van der Waals surface area contributed by atoms with Crippen molar-refractivity contribution in [2.45, 2.75) is 25.8 Å². The summed E-state index contributed by atoms with van der Waals surface area (Å²) in [5.41, 5.74) is 1.84. The van der Waals surface area contributed by atoms with E-state index in [2.05, 4.69) is 20.0 Å². The molecule has 4 rings (SSSR count). The summed E-state index contributed by atoms with van der Waals surface area (Å²) in [4.78, 5) is 11.0. The van der Waals surface area contributed by atoms with Crippen molar-refractivity contribution in [1.29, 1.82) is 0 Å². The molecule has 10 heteroatoms. The van der Waals surface area contributed by atoms with Gasteiger partial charge in [0.05, 0.1) is 11.9 Å². The number of imidazole rings is 1. The second-order valence-electron chi connectivity index (χ2n) is 6.71. The second-order valence-corrected chi connectivity index (χ2v) is 8.32. The molecule has 2 fully saturated rings. The highest BCUT2D eigenvalue weighted by Crippen LogP contribution is 2.51. The van der Waals surface area contributed by atoms with Gasteiger partial charge >= 0.3 is 0 Å². The lowest BCUT2D eigenvalue weighted by Gasteiger charge is -2.60. The third-order valence-electron chi connectivity index (χ3n) is 4.97. The molecular weight excluding hydrogens is 318 g/mol. The van der Waals surface area contributed by atoms with E-state index < -0.39 is 10.2 Å². The average molecular weight is 337 g/mol. The monoisotopic (exact) mass is 337 g/mol. The summed E-state index contributed by atoms with van der Waals surface area (Å²) >= 11 is 0. The highest BCUT2D eigenvalue weighted by Gasteiger charge is 2.55. The molecule has 1 spiro atoms. The molecule has 2 aromatic heterocycles. The Morgan fingerprint density at radius 2 is 2.09 bits per heavy atom. The van der Waals surface area contributed by atoms with Crippen molar-refractivity contribution < 1.29 is 8.42 Å². The third-order valence-corrected chi connectivity index (χ3v) is 6.07. The van der Waals surface area contributed by atoms with Gasteiger partial charge in [0.1, 0.15) is 6.33 Å². The van der Waals surface area contributed by atoms with Gasteiger partial charge in [-0.2, -0.15) is 17.8 Å².